The summed E-state index contributed by atoms with van der Waals surface area (Å²) in [4.78, 5) is 14.0. The topological polar surface area (TPSA) is 20.3 Å². The van der Waals surface area contributed by atoms with E-state index in [1.54, 1.807) is 0 Å². The van der Waals surface area contributed by atoms with Crippen molar-refractivity contribution >= 4 is 11.4 Å². The molecular weight excluding hydrogens is 222 g/mol. The van der Waals surface area contributed by atoms with E-state index < -0.39 is 0 Å². The smallest absolute Gasteiger partial charge is 0.163 e. The predicted molar refractivity (Wildman–Crippen MR) is 75.4 cm³/mol. The van der Waals surface area contributed by atoms with Crippen LogP contribution in [0.2, 0.25) is 0 Å². The first-order valence-electron chi connectivity index (χ1n) is 6.34. The maximum atomic E-state index is 12.0. The Morgan fingerprint density at radius 1 is 1.28 bits per heavy atom. The number of benzene rings is 1. The van der Waals surface area contributed by atoms with E-state index in [1.807, 2.05) is 45.3 Å². The molecule has 0 fully saturated rings. The SMILES string of the molecule is CCC(=O)c1ccccc1C1=CC(N(C)C)=CC1. The van der Waals surface area contributed by atoms with Gasteiger partial charge in [-0.3, -0.25) is 4.79 Å². The molecule has 0 spiro atoms. The van der Waals surface area contributed by atoms with Gasteiger partial charge in [0.1, 0.15) is 0 Å². The van der Waals surface area contributed by atoms with Gasteiger partial charge in [-0.25, -0.2) is 0 Å². The monoisotopic (exact) mass is 241 g/mol. The van der Waals surface area contributed by atoms with Crippen molar-refractivity contribution in [2.45, 2.75) is 19.8 Å². The summed E-state index contributed by atoms with van der Waals surface area (Å²) in [6, 6.07) is 7.90. The molecule has 1 aliphatic rings. The van der Waals surface area contributed by atoms with Gasteiger partial charge in [-0.2, -0.15) is 0 Å². The summed E-state index contributed by atoms with van der Waals surface area (Å²) >= 11 is 0. The number of Topliss-reactive ketones (excluding diaryl/α,β-unsaturated/α-hetero) is 1. The molecule has 0 bridgehead atoms. The fourth-order valence-corrected chi connectivity index (χ4v) is 2.21. The van der Waals surface area contributed by atoms with Gasteiger partial charge in [-0.1, -0.05) is 37.3 Å². The normalized spacial score (nSPS) is 14.2. The third-order valence-corrected chi connectivity index (χ3v) is 3.26. The number of nitrogens with zero attached hydrogens (tertiary/aromatic N) is 1. The number of carbonyl (C=O) groups excluding carboxylic acids is 1. The molecule has 2 heteroatoms. The van der Waals surface area contributed by atoms with Crippen molar-refractivity contribution in [3.8, 4) is 0 Å². The maximum Gasteiger partial charge on any atom is 0.163 e. The molecule has 0 atom stereocenters. The first-order chi connectivity index (χ1) is 8.63. The third kappa shape index (κ3) is 2.37. The average molecular weight is 241 g/mol. The summed E-state index contributed by atoms with van der Waals surface area (Å²) < 4.78 is 0. The van der Waals surface area contributed by atoms with Crippen LogP contribution in [0.3, 0.4) is 0 Å². The van der Waals surface area contributed by atoms with Gasteiger partial charge in [0, 0.05) is 31.8 Å². The Hall–Kier alpha value is -1.83. The fourth-order valence-electron chi connectivity index (χ4n) is 2.21. The minimum atomic E-state index is 0.213. The molecule has 0 amide bonds. The average Bonchev–Trinajstić information content (AvgIpc) is 2.87. The summed E-state index contributed by atoms with van der Waals surface area (Å²) in [5.41, 5.74) is 4.37. The van der Waals surface area contributed by atoms with Crippen LogP contribution >= 0.6 is 0 Å². The van der Waals surface area contributed by atoms with E-state index in [-0.39, 0.29) is 5.78 Å². The quantitative estimate of drug-likeness (QED) is 0.752. The lowest BCUT2D eigenvalue weighted by atomic mass is 9.95. The molecule has 0 heterocycles. The molecule has 18 heavy (non-hydrogen) atoms. The summed E-state index contributed by atoms with van der Waals surface area (Å²) in [7, 11) is 4.07. The van der Waals surface area contributed by atoms with Crippen molar-refractivity contribution in [1.29, 1.82) is 0 Å². The second-order valence-electron chi connectivity index (χ2n) is 4.72. The van der Waals surface area contributed by atoms with E-state index in [2.05, 4.69) is 17.1 Å². The number of hydrogen-bond acceptors (Lipinski definition) is 2. The summed E-state index contributed by atoms with van der Waals surface area (Å²) in [5.74, 6) is 0.213. The first kappa shape index (κ1) is 12.6. The number of hydrogen-bond donors (Lipinski definition) is 0. The van der Waals surface area contributed by atoms with Gasteiger partial charge in [-0.15, -0.1) is 0 Å². The van der Waals surface area contributed by atoms with Gasteiger partial charge < -0.3 is 4.90 Å². The van der Waals surface area contributed by atoms with Crippen molar-refractivity contribution in [3.63, 3.8) is 0 Å². The van der Waals surface area contributed by atoms with E-state index >= 15 is 0 Å². The van der Waals surface area contributed by atoms with Crippen LogP contribution in [0.5, 0.6) is 0 Å². The van der Waals surface area contributed by atoms with E-state index in [0.717, 1.165) is 17.5 Å². The van der Waals surface area contributed by atoms with Crippen LogP contribution in [0.25, 0.3) is 5.57 Å². The highest BCUT2D eigenvalue weighted by Gasteiger charge is 2.15. The third-order valence-electron chi connectivity index (χ3n) is 3.26. The number of allylic oxidation sites excluding steroid dienone is 3. The van der Waals surface area contributed by atoms with Crippen LogP contribution in [-0.4, -0.2) is 24.8 Å². The molecule has 1 aliphatic carbocycles. The van der Waals surface area contributed by atoms with E-state index in [4.69, 9.17) is 0 Å². The van der Waals surface area contributed by atoms with Gasteiger partial charge >= 0.3 is 0 Å². The highest BCUT2D eigenvalue weighted by Crippen LogP contribution is 2.30. The molecule has 0 saturated carbocycles. The Balaban J connectivity index is 2.37. The van der Waals surface area contributed by atoms with E-state index in [9.17, 15) is 4.79 Å². The Morgan fingerprint density at radius 2 is 2.00 bits per heavy atom. The predicted octanol–water partition coefficient (Wildman–Crippen LogP) is 3.51. The summed E-state index contributed by atoms with van der Waals surface area (Å²) in [5, 5.41) is 0. The Labute approximate surface area is 109 Å². The molecule has 0 aliphatic heterocycles. The molecule has 2 nitrogen and oxygen atoms in total. The number of rotatable bonds is 4. The zero-order chi connectivity index (χ0) is 13.1. The van der Waals surface area contributed by atoms with Gasteiger partial charge in [0.25, 0.3) is 0 Å². The van der Waals surface area contributed by atoms with Crippen molar-refractivity contribution in [3.05, 3.63) is 53.2 Å². The second-order valence-corrected chi connectivity index (χ2v) is 4.72. The van der Waals surface area contributed by atoms with Crippen LogP contribution < -0.4 is 0 Å². The van der Waals surface area contributed by atoms with Crippen molar-refractivity contribution in [1.82, 2.24) is 4.90 Å². The van der Waals surface area contributed by atoms with Crippen LogP contribution in [-0.2, 0) is 0 Å². The van der Waals surface area contributed by atoms with Crippen molar-refractivity contribution in [2.75, 3.05) is 14.1 Å². The number of carbonyl (C=O) groups is 1. The van der Waals surface area contributed by atoms with Crippen LogP contribution in [0, 0.1) is 0 Å². The van der Waals surface area contributed by atoms with Gasteiger partial charge in [-0.05, 0) is 23.6 Å². The molecule has 0 saturated heterocycles. The molecule has 94 valence electrons. The van der Waals surface area contributed by atoms with Crippen LogP contribution in [0.4, 0.5) is 0 Å². The lowest BCUT2D eigenvalue weighted by molar-refractivity contribution is 0.0988. The van der Waals surface area contributed by atoms with E-state index in [0.29, 0.717) is 6.42 Å². The van der Waals surface area contributed by atoms with Crippen LogP contribution in [0.15, 0.2) is 42.1 Å². The molecular formula is C16H19NO. The molecule has 2 rings (SSSR count). The molecule has 1 aromatic carbocycles. The highest BCUT2D eigenvalue weighted by molar-refractivity contribution is 6.01. The summed E-state index contributed by atoms with van der Waals surface area (Å²) in [6.45, 7) is 1.91. The second kappa shape index (κ2) is 5.21. The van der Waals surface area contributed by atoms with Crippen LogP contribution in [0.1, 0.15) is 35.7 Å². The Kier molecular flexibility index (Phi) is 3.66. The molecule has 1 aromatic rings. The molecule has 0 unspecified atom stereocenters. The lowest BCUT2D eigenvalue weighted by Gasteiger charge is -2.11. The van der Waals surface area contributed by atoms with Crippen molar-refractivity contribution < 1.29 is 4.79 Å². The molecule has 0 N–H and O–H groups in total. The van der Waals surface area contributed by atoms with Gasteiger partial charge in [0.05, 0.1) is 0 Å². The zero-order valence-corrected chi connectivity index (χ0v) is 11.2. The first-order valence-corrected chi connectivity index (χ1v) is 6.34. The standard InChI is InChI=1S/C16H19NO/c1-4-16(18)15-8-6-5-7-14(15)12-9-10-13(11-12)17(2)3/h5-8,10-11H,4,9H2,1-3H3. The molecule has 0 radical (unpaired) electrons. The molecule has 0 aromatic heterocycles. The minimum Gasteiger partial charge on any atom is -0.378 e. The number of likely N-dealkylation sites (N-methyl/N-ethyl adjacent to an activating group) is 1. The largest absolute Gasteiger partial charge is 0.378 e. The van der Waals surface area contributed by atoms with Crippen molar-refractivity contribution in [2.24, 2.45) is 0 Å². The highest BCUT2D eigenvalue weighted by atomic mass is 16.1. The minimum absolute atomic E-state index is 0.213. The van der Waals surface area contributed by atoms with E-state index in [1.165, 1.54) is 11.3 Å². The number of ketones is 1. The fraction of sp³-hybridized carbons (Fsp3) is 0.312. The van der Waals surface area contributed by atoms with Gasteiger partial charge in [0.15, 0.2) is 5.78 Å². The zero-order valence-electron chi connectivity index (χ0n) is 11.2. The Morgan fingerprint density at radius 3 is 2.61 bits per heavy atom. The Bertz CT molecular complexity index is 524. The van der Waals surface area contributed by atoms with Gasteiger partial charge in [0.2, 0.25) is 0 Å². The lowest BCUT2D eigenvalue weighted by Crippen LogP contribution is -2.07. The summed E-state index contributed by atoms with van der Waals surface area (Å²) in [6.07, 6.45) is 5.82. The maximum absolute atomic E-state index is 12.0.